The molecular weight excluding hydrogens is 234 g/mol. The molecule has 0 radical (unpaired) electrons. The number of aryl methyl sites for hydroxylation is 2. The second-order valence-electron chi connectivity index (χ2n) is 4.74. The molecule has 0 aliphatic rings. The van der Waals surface area contributed by atoms with Gasteiger partial charge < -0.3 is 1.43 Å². The standard InChI is InChI=1S/C15H23OP.Li.H/c1-6-7-8-17-15(16)14-11(3)9-10(2)12(4)13(14)5;;/h9,17H,6-8H2,1-5H3;;/q;+1;-1. The fraction of sp³-hybridized carbons (Fsp3) is 0.533. The Balaban J connectivity index is 0. The van der Waals surface area contributed by atoms with Crippen molar-refractivity contribution in [1.82, 2.24) is 0 Å². The van der Waals surface area contributed by atoms with Crippen LogP contribution in [0.5, 0.6) is 0 Å². The van der Waals surface area contributed by atoms with Gasteiger partial charge in [0.25, 0.3) is 0 Å². The van der Waals surface area contributed by atoms with Gasteiger partial charge in [0.05, 0.1) is 0 Å². The Morgan fingerprint density at radius 3 is 2.33 bits per heavy atom. The average molecular weight is 258 g/mol. The molecule has 96 valence electrons. The summed E-state index contributed by atoms with van der Waals surface area (Å²) >= 11 is 0. The second-order valence-corrected chi connectivity index (χ2v) is 6.05. The summed E-state index contributed by atoms with van der Waals surface area (Å²) in [5.74, 6) is 0. The van der Waals surface area contributed by atoms with Gasteiger partial charge in [-0.2, -0.15) is 0 Å². The molecule has 1 aromatic rings. The van der Waals surface area contributed by atoms with Gasteiger partial charge in [0.1, 0.15) is 0 Å². The predicted octanol–water partition coefficient (Wildman–Crippen LogP) is 1.66. The second kappa shape index (κ2) is 8.16. The van der Waals surface area contributed by atoms with Gasteiger partial charge in [-0.15, -0.1) is 0 Å². The minimum Gasteiger partial charge on any atom is -1.00 e. The van der Waals surface area contributed by atoms with Crippen molar-refractivity contribution in [3.63, 3.8) is 0 Å². The molecule has 0 aliphatic heterocycles. The Hall–Kier alpha value is -0.0826. The number of carbonyl (C=O) groups excluding carboxylic acids is 1. The van der Waals surface area contributed by atoms with E-state index in [1.165, 1.54) is 23.1 Å². The van der Waals surface area contributed by atoms with Crippen LogP contribution in [-0.4, -0.2) is 11.7 Å². The van der Waals surface area contributed by atoms with Crippen LogP contribution in [0.15, 0.2) is 6.07 Å². The van der Waals surface area contributed by atoms with Gasteiger partial charge >= 0.3 is 18.9 Å². The first-order valence-corrected chi connectivity index (χ1v) is 7.55. The summed E-state index contributed by atoms with van der Waals surface area (Å²) in [5, 5.41) is 0. The fourth-order valence-corrected chi connectivity index (χ4v) is 3.42. The Morgan fingerprint density at radius 1 is 1.17 bits per heavy atom. The summed E-state index contributed by atoms with van der Waals surface area (Å²) < 4.78 is 0. The van der Waals surface area contributed by atoms with Crippen molar-refractivity contribution >= 4 is 14.1 Å². The van der Waals surface area contributed by atoms with Crippen molar-refractivity contribution in [3.05, 3.63) is 33.9 Å². The van der Waals surface area contributed by atoms with Crippen LogP contribution in [0.3, 0.4) is 0 Å². The normalized spacial score (nSPS) is 10.7. The Bertz CT molecular complexity index is 433. The van der Waals surface area contributed by atoms with Crippen molar-refractivity contribution in [2.45, 2.75) is 47.5 Å². The van der Waals surface area contributed by atoms with Gasteiger partial charge in [0, 0.05) is 5.56 Å². The molecule has 1 unspecified atom stereocenters. The molecule has 0 saturated carbocycles. The van der Waals surface area contributed by atoms with E-state index in [2.05, 4.69) is 40.7 Å². The predicted molar refractivity (Wildman–Crippen MR) is 78.9 cm³/mol. The molecule has 0 saturated heterocycles. The molecule has 0 bridgehead atoms. The smallest absolute Gasteiger partial charge is 1.00 e. The number of unbranched alkanes of at least 4 members (excludes halogenated alkanes) is 1. The summed E-state index contributed by atoms with van der Waals surface area (Å²) in [7, 11) is 0.437. The molecule has 1 rings (SSSR count). The van der Waals surface area contributed by atoms with Crippen LogP contribution in [0.1, 0.15) is 53.8 Å². The Kier molecular flexibility index (Phi) is 8.12. The molecule has 0 spiro atoms. The van der Waals surface area contributed by atoms with E-state index in [0.29, 0.717) is 14.1 Å². The van der Waals surface area contributed by atoms with Crippen molar-refractivity contribution < 1.29 is 25.1 Å². The Morgan fingerprint density at radius 2 is 1.78 bits per heavy atom. The number of benzene rings is 1. The van der Waals surface area contributed by atoms with Gasteiger partial charge in [0.2, 0.25) is 0 Å². The zero-order valence-electron chi connectivity index (χ0n) is 13.6. The summed E-state index contributed by atoms with van der Waals surface area (Å²) in [6, 6.07) is 2.14. The minimum atomic E-state index is 0. The fourth-order valence-electron chi connectivity index (χ4n) is 2.10. The number of hydrogen-bond donors (Lipinski definition) is 0. The molecule has 0 heterocycles. The first-order valence-electron chi connectivity index (χ1n) is 6.34. The van der Waals surface area contributed by atoms with E-state index in [-0.39, 0.29) is 20.3 Å². The third-order valence-corrected chi connectivity index (χ3v) is 4.57. The maximum Gasteiger partial charge on any atom is 1.00 e. The topological polar surface area (TPSA) is 17.1 Å². The molecule has 1 atom stereocenters. The van der Waals surface area contributed by atoms with Gasteiger partial charge in [-0.25, -0.2) is 0 Å². The summed E-state index contributed by atoms with van der Waals surface area (Å²) in [4.78, 5) is 12.2. The van der Waals surface area contributed by atoms with Crippen molar-refractivity contribution in [2.24, 2.45) is 0 Å². The van der Waals surface area contributed by atoms with E-state index in [9.17, 15) is 4.79 Å². The quantitative estimate of drug-likeness (QED) is 0.446. The largest absolute Gasteiger partial charge is 1.00 e. The monoisotopic (exact) mass is 258 g/mol. The molecule has 0 aliphatic carbocycles. The van der Waals surface area contributed by atoms with Crippen LogP contribution in [0, 0.1) is 27.7 Å². The maximum atomic E-state index is 12.2. The zero-order chi connectivity index (χ0) is 13.0. The van der Waals surface area contributed by atoms with Crippen LogP contribution < -0.4 is 18.9 Å². The molecule has 1 nitrogen and oxygen atoms in total. The molecule has 0 fully saturated rings. The minimum absolute atomic E-state index is 0. The van der Waals surface area contributed by atoms with Gasteiger partial charge in [-0.1, -0.05) is 19.4 Å². The van der Waals surface area contributed by atoms with Crippen LogP contribution in [0.4, 0.5) is 0 Å². The zero-order valence-corrected chi connectivity index (χ0v) is 13.6. The average Bonchev–Trinajstić information content (AvgIpc) is 2.26. The van der Waals surface area contributed by atoms with Gasteiger partial charge in [0.15, 0.2) is 5.52 Å². The molecular formula is C15H24LiOP. The first-order chi connectivity index (χ1) is 7.99. The van der Waals surface area contributed by atoms with Crippen LogP contribution in [-0.2, 0) is 0 Å². The molecule has 1 aromatic carbocycles. The molecule has 18 heavy (non-hydrogen) atoms. The number of carbonyl (C=O) groups is 1. The van der Waals surface area contributed by atoms with Crippen molar-refractivity contribution in [1.29, 1.82) is 0 Å². The van der Waals surface area contributed by atoms with Gasteiger partial charge in [-0.05, 0) is 71.1 Å². The van der Waals surface area contributed by atoms with Crippen LogP contribution in [0.2, 0.25) is 0 Å². The van der Waals surface area contributed by atoms with Crippen molar-refractivity contribution in [3.8, 4) is 0 Å². The van der Waals surface area contributed by atoms with E-state index in [0.717, 1.165) is 23.7 Å². The number of hydrogen-bond acceptors (Lipinski definition) is 1. The first kappa shape index (κ1) is 17.9. The van der Waals surface area contributed by atoms with E-state index >= 15 is 0 Å². The van der Waals surface area contributed by atoms with E-state index in [1.807, 2.05) is 0 Å². The summed E-state index contributed by atoms with van der Waals surface area (Å²) in [6.07, 6.45) is 3.37. The Labute approximate surface area is 127 Å². The van der Waals surface area contributed by atoms with E-state index in [1.54, 1.807) is 0 Å². The van der Waals surface area contributed by atoms with E-state index in [4.69, 9.17) is 0 Å². The van der Waals surface area contributed by atoms with Gasteiger partial charge in [-0.3, -0.25) is 4.79 Å². The van der Waals surface area contributed by atoms with Crippen LogP contribution >= 0.6 is 8.58 Å². The van der Waals surface area contributed by atoms with E-state index < -0.39 is 0 Å². The van der Waals surface area contributed by atoms with Crippen molar-refractivity contribution in [2.75, 3.05) is 6.16 Å². The summed E-state index contributed by atoms with van der Waals surface area (Å²) in [6.45, 7) is 10.5. The molecule has 0 N–H and O–H groups in total. The molecule has 0 amide bonds. The molecule has 0 aromatic heterocycles. The van der Waals surface area contributed by atoms with Crippen LogP contribution in [0.25, 0.3) is 0 Å². The third-order valence-electron chi connectivity index (χ3n) is 3.40. The SMILES string of the molecule is CCCCPC(=O)c1c(C)cc(C)c(C)c1C.[H-].[Li+]. The number of rotatable bonds is 5. The molecule has 3 heteroatoms. The summed E-state index contributed by atoms with van der Waals surface area (Å²) in [5.41, 5.74) is 6.18. The third kappa shape index (κ3) is 4.24. The maximum absolute atomic E-state index is 12.2.